The number of piperidine rings is 1. The minimum atomic E-state index is -0.854. The number of carbonyl (C=O) groups is 4. The number of hydrogen-bond acceptors (Lipinski definition) is 6. The molecular weight excluding hydrogens is 472 g/mol. The smallest absolute Gasteiger partial charge is 0.305 e. The van der Waals surface area contributed by atoms with Crippen LogP contribution < -0.4 is 10.6 Å². The van der Waals surface area contributed by atoms with E-state index in [2.05, 4.69) is 24.5 Å². The Morgan fingerprint density at radius 3 is 2.30 bits per heavy atom. The number of esters is 1. The number of methoxy groups -OCH3 is 1. The van der Waals surface area contributed by atoms with Crippen LogP contribution >= 0.6 is 0 Å². The van der Waals surface area contributed by atoms with Gasteiger partial charge < -0.3 is 25.2 Å². The molecule has 1 saturated heterocycles. The Morgan fingerprint density at radius 2 is 1.70 bits per heavy atom. The number of ether oxygens (including phenoxy) is 1. The lowest BCUT2D eigenvalue weighted by Gasteiger charge is -2.65. The van der Waals surface area contributed by atoms with Crippen LogP contribution in [0, 0.1) is 16.7 Å². The molecular formula is C28H46N4O5. The number of likely N-dealkylation sites (N-methyl/N-ethyl adjacent to an activating group) is 1. The summed E-state index contributed by atoms with van der Waals surface area (Å²) in [5, 5.41) is 6.33. The summed E-state index contributed by atoms with van der Waals surface area (Å²) in [5.74, 6) is -0.430. The molecule has 9 nitrogen and oxygen atoms in total. The maximum atomic E-state index is 13.8. The number of nitrogens with one attached hydrogen (secondary N) is 2. The second-order valence-corrected chi connectivity index (χ2v) is 13.4. The van der Waals surface area contributed by atoms with Crippen LogP contribution in [0.3, 0.4) is 0 Å². The maximum Gasteiger partial charge on any atom is 0.305 e. The lowest BCUT2D eigenvalue weighted by atomic mass is 9.43. The molecule has 0 spiro atoms. The van der Waals surface area contributed by atoms with Crippen LogP contribution in [0.1, 0.15) is 84.5 Å². The normalized spacial score (nSPS) is 35.2. The molecule has 5 rings (SSSR count). The second kappa shape index (κ2) is 10.5. The Hall–Kier alpha value is -2.16. The first-order valence-electron chi connectivity index (χ1n) is 14.0. The van der Waals surface area contributed by atoms with Crippen LogP contribution in [0.5, 0.6) is 0 Å². The molecule has 4 bridgehead atoms. The Labute approximate surface area is 221 Å². The van der Waals surface area contributed by atoms with Crippen LogP contribution in [-0.4, -0.2) is 85.4 Å². The zero-order chi connectivity index (χ0) is 27.0. The van der Waals surface area contributed by atoms with E-state index in [1.165, 1.54) is 26.4 Å². The summed E-state index contributed by atoms with van der Waals surface area (Å²) in [7, 11) is 4.98. The fourth-order valence-electron chi connectivity index (χ4n) is 8.70. The van der Waals surface area contributed by atoms with Crippen molar-refractivity contribution in [1.82, 2.24) is 20.4 Å². The average Bonchev–Trinajstić information content (AvgIpc) is 2.78. The summed E-state index contributed by atoms with van der Waals surface area (Å²) in [6.07, 6.45) is 9.04. The zero-order valence-electron chi connectivity index (χ0n) is 23.4. The fraction of sp³-hybridized carbons (Fsp3) is 0.857. The second-order valence-electron chi connectivity index (χ2n) is 13.4. The van der Waals surface area contributed by atoms with Crippen molar-refractivity contribution in [1.29, 1.82) is 0 Å². The van der Waals surface area contributed by atoms with Gasteiger partial charge in [-0.15, -0.1) is 0 Å². The number of hydrogen-bond donors (Lipinski definition) is 2. The first kappa shape index (κ1) is 27.9. The van der Waals surface area contributed by atoms with Crippen LogP contribution in [0.15, 0.2) is 0 Å². The van der Waals surface area contributed by atoms with Crippen LogP contribution in [-0.2, 0) is 23.9 Å². The Morgan fingerprint density at radius 1 is 1.03 bits per heavy atom. The molecule has 37 heavy (non-hydrogen) atoms. The van der Waals surface area contributed by atoms with E-state index in [9.17, 15) is 19.2 Å². The molecule has 4 aliphatic carbocycles. The van der Waals surface area contributed by atoms with E-state index in [1.807, 2.05) is 14.1 Å². The lowest BCUT2D eigenvalue weighted by Crippen LogP contribution is -2.67. The first-order chi connectivity index (χ1) is 17.3. The highest BCUT2D eigenvalue weighted by Gasteiger charge is 2.60. The molecule has 3 amide bonds. The van der Waals surface area contributed by atoms with Gasteiger partial charge in [0.2, 0.25) is 17.7 Å². The summed E-state index contributed by atoms with van der Waals surface area (Å²) in [6, 6.07) is -1.46. The molecule has 5 fully saturated rings. The van der Waals surface area contributed by atoms with Gasteiger partial charge in [-0.3, -0.25) is 19.2 Å². The van der Waals surface area contributed by atoms with E-state index < -0.39 is 18.1 Å². The molecule has 1 aliphatic heterocycles. The van der Waals surface area contributed by atoms with Gasteiger partial charge in [0.15, 0.2) is 0 Å². The molecule has 4 saturated carbocycles. The van der Waals surface area contributed by atoms with E-state index in [4.69, 9.17) is 4.74 Å². The standard InChI is InChI=1S/C28H46N4O5/c1-26-12-19-13-27(2,16-26)18-28(14-19,17-26)30-24(35)20(9-10-23(34)37-5)29-25(36)21-8-6-7-11-32(21)22(33)15-31(3)4/h19-21H,6-18H2,1-5H3,(H,29,36)(H,30,35)/t19?,20-,21-,26?,27?,28?/m0/s1. The minimum Gasteiger partial charge on any atom is -0.469 e. The molecule has 9 heteroatoms. The van der Waals surface area contributed by atoms with E-state index in [1.54, 1.807) is 9.80 Å². The van der Waals surface area contributed by atoms with Crippen molar-refractivity contribution in [3.8, 4) is 0 Å². The SMILES string of the molecule is COC(=O)CC[C@H](NC(=O)[C@@H]1CCCCN1C(=O)CN(C)C)C(=O)NC12CC3CC(C)(CC(C)(C3)C1)C2. The molecule has 208 valence electrons. The van der Waals surface area contributed by atoms with E-state index in [-0.39, 0.29) is 53.5 Å². The summed E-state index contributed by atoms with van der Waals surface area (Å²) >= 11 is 0. The average molecular weight is 519 g/mol. The molecule has 0 aromatic rings. The largest absolute Gasteiger partial charge is 0.469 e. The van der Waals surface area contributed by atoms with E-state index in [0.29, 0.717) is 18.9 Å². The number of likely N-dealkylation sites (tertiary alicyclic amines) is 1. The number of nitrogens with zero attached hydrogens (tertiary/aromatic N) is 2. The fourth-order valence-corrected chi connectivity index (χ4v) is 8.70. The van der Waals surface area contributed by atoms with E-state index >= 15 is 0 Å². The summed E-state index contributed by atoms with van der Waals surface area (Å²) in [5.41, 5.74) is 0.218. The van der Waals surface area contributed by atoms with Crippen molar-refractivity contribution in [2.75, 3.05) is 34.3 Å². The molecule has 4 atom stereocenters. The van der Waals surface area contributed by atoms with Gasteiger partial charge in [-0.05, 0) is 95.1 Å². The first-order valence-corrected chi connectivity index (χ1v) is 14.0. The molecule has 1 heterocycles. The monoisotopic (exact) mass is 518 g/mol. The third kappa shape index (κ3) is 6.29. The number of rotatable bonds is 9. The van der Waals surface area contributed by atoms with Crippen LogP contribution in [0.25, 0.3) is 0 Å². The van der Waals surface area contributed by atoms with Crippen LogP contribution in [0.2, 0.25) is 0 Å². The van der Waals surface area contributed by atoms with Gasteiger partial charge in [-0.2, -0.15) is 0 Å². The van der Waals surface area contributed by atoms with Gasteiger partial charge in [0, 0.05) is 18.5 Å². The summed E-state index contributed by atoms with van der Waals surface area (Å²) in [6.45, 7) is 5.48. The predicted molar refractivity (Wildman–Crippen MR) is 139 cm³/mol. The van der Waals surface area contributed by atoms with Gasteiger partial charge in [-0.1, -0.05) is 13.8 Å². The predicted octanol–water partition coefficient (Wildman–Crippen LogP) is 2.23. The molecule has 2 N–H and O–H groups in total. The molecule has 0 aromatic carbocycles. The quantitative estimate of drug-likeness (QED) is 0.453. The van der Waals surface area contributed by atoms with Crippen LogP contribution in [0.4, 0.5) is 0 Å². The highest BCUT2D eigenvalue weighted by molar-refractivity contribution is 5.93. The third-order valence-corrected chi connectivity index (χ3v) is 9.09. The van der Waals surface area contributed by atoms with Crippen molar-refractivity contribution in [3.63, 3.8) is 0 Å². The Kier molecular flexibility index (Phi) is 7.94. The van der Waals surface area contributed by atoms with Gasteiger partial charge in [0.25, 0.3) is 0 Å². The Bertz CT molecular complexity index is 902. The third-order valence-electron chi connectivity index (χ3n) is 9.09. The summed E-state index contributed by atoms with van der Waals surface area (Å²) < 4.78 is 4.81. The van der Waals surface area contributed by atoms with E-state index in [0.717, 1.165) is 32.1 Å². The minimum absolute atomic E-state index is 0.0356. The molecule has 0 radical (unpaired) electrons. The molecule has 2 unspecified atom stereocenters. The van der Waals surface area contributed by atoms with Crippen molar-refractivity contribution in [2.24, 2.45) is 16.7 Å². The van der Waals surface area contributed by atoms with Crippen molar-refractivity contribution >= 4 is 23.7 Å². The van der Waals surface area contributed by atoms with Crippen molar-refractivity contribution < 1.29 is 23.9 Å². The number of carbonyl (C=O) groups excluding carboxylic acids is 4. The topological polar surface area (TPSA) is 108 Å². The van der Waals surface area contributed by atoms with Gasteiger partial charge >= 0.3 is 5.97 Å². The maximum absolute atomic E-state index is 13.8. The molecule has 5 aliphatic rings. The lowest BCUT2D eigenvalue weighted by molar-refractivity contribution is -0.146. The van der Waals surface area contributed by atoms with Crippen molar-refractivity contribution in [3.05, 3.63) is 0 Å². The Balaban J connectivity index is 1.48. The van der Waals surface area contributed by atoms with Crippen molar-refractivity contribution in [2.45, 2.75) is 102 Å². The number of amides is 3. The van der Waals surface area contributed by atoms with Gasteiger partial charge in [-0.25, -0.2) is 0 Å². The van der Waals surface area contributed by atoms with Gasteiger partial charge in [0.1, 0.15) is 12.1 Å². The van der Waals surface area contributed by atoms with Gasteiger partial charge in [0.05, 0.1) is 13.7 Å². The molecule has 0 aromatic heterocycles. The zero-order valence-corrected chi connectivity index (χ0v) is 23.4. The summed E-state index contributed by atoms with van der Waals surface area (Å²) in [4.78, 5) is 55.5. The highest BCUT2D eigenvalue weighted by atomic mass is 16.5. The highest BCUT2D eigenvalue weighted by Crippen LogP contribution is 2.66.